The van der Waals surface area contributed by atoms with Crippen LogP contribution < -0.4 is 10.6 Å². The fourth-order valence-corrected chi connectivity index (χ4v) is 4.13. The van der Waals surface area contributed by atoms with E-state index in [0.717, 1.165) is 16.8 Å². The maximum absolute atomic E-state index is 12.2. The van der Waals surface area contributed by atoms with E-state index in [0.29, 0.717) is 20.7 Å². The van der Waals surface area contributed by atoms with E-state index in [4.69, 9.17) is 0 Å². The molecule has 3 aromatic rings. The molecule has 0 saturated carbocycles. The Hall–Kier alpha value is -2.71. The molecule has 0 aliphatic carbocycles. The second kappa shape index (κ2) is 8.99. The fraction of sp³-hybridized carbons (Fsp3) is 0.200. The maximum atomic E-state index is 12.2. The molecule has 28 heavy (non-hydrogen) atoms. The lowest BCUT2D eigenvalue weighted by molar-refractivity contribution is -0.113. The summed E-state index contributed by atoms with van der Waals surface area (Å²) in [5.74, 6) is 0.0101. The van der Waals surface area contributed by atoms with E-state index in [1.807, 2.05) is 32.0 Å². The summed E-state index contributed by atoms with van der Waals surface area (Å²) in [6.45, 7) is 5.57. The highest BCUT2D eigenvalue weighted by atomic mass is 32.2. The number of nitrogens with zero attached hydrogens (tertiary/aromatic N) is 2. The highest BCUT2D eigenvalue weighted by molar-refractivity contribution is 8.01. The summed E-state index contributed by atoms with van der Waals surface area (Å²) in [4.78, 5) is 23.6. The van der Waals surface area contributed by atoms with E-state index in [9.17, 15) is 9.59 Å². The molecule has 1 heterocycles. The van der Waals surface area contributed by atoms with Crippen LogP contribution in [0.4, 0.5) is 16.5 Å². The van der Waals surface area contributed by atoms with Gasteiger partial charge in [0.15, 0.2) is 10.1 Å². The molecule has 0 unspecified atom stereocenters. The highest BCUT2D eigenvalue weighted by Gasteiger charge is 2.11. The minimum atomic E-state index is -0.162. The lowest BCUT2D eigenvalue weighted by Gasteiger charge is -2.09. The number of ketones is 1. The third-order valence-electron chi connectivity index (χ3n) is 4.00. The zero-order chi connectivity index (χ0) is 20.1. The average molecular weight is 413 g/mol. The molecule has 144 valence electrons. The van der Waals surface area contributed by atoms with E-state index in [-0.39, 0.29) is 17.4 Å². The van der Waals surface area contributed by atoms with Crippen LogP contribution in [0.15, 0.2) is 46.8 Å². The molecule has 8 heteroatoms. The van der Waals surface area contributed by atoms with Crippen molar-refractivity contribution < 1.29 is 9.59 Å². The van der Waals surface area contributed by atoms with Gasteiger partial charge in [-0.05, 0) is 44.0 Å². The first-order valence-corrected chi connectivity index (χ1v) is 10.4. The molecule has 0 aliphatic rings. The molecule has 0 aliphatic heterocycles. The largest absolute Gasteiger partial charge is 0.330 e. The summed E-state index contributed by atoms with van der Waals surface area (Å²) in [6, 6.07) is 13.0. The highest BCUT2D eigenvalue weighted by Crippen LogP contribution is 2.30. The van der Waals surface area contributed by atoms with Crippen LogP contribution in [0.25, 0.3) is 0 Å². The predicted molar refractivity (Wildman–Crippen MR) is 115 cm³/mol. The summed E-state index contributed by atoms with van der Waals surface area (Å²) < 4.78 is 0.710. The number of para-hydroxylation sites is 1. The summed E-state index contributed by atoms with van der Waals surface area (Å²) >= 11 is 2.73. The molecule has 0 spiro atoms. The van der Waals surface area contributed by atoms with Gasteiger partial charge in [-0.15, -0.1) is 10.2 Å². The third kappa shape index (κ3) is 5.17. The molecule has 0 radical (unpaired) electrons. The molecule has 0 bridgehead atoms. The Kier molecular flexibility index (Phi) is 6.43. The van der Waals surface area contributed by atoms with Gasteiger partial charge in [0.1, 0.15) is 0 Å². The Labute approximate surface area is 171 Å². The summed E-state index contributed by atoms with van der Waals surface area (Å²) in [5.41, 5.74) is 4.47. The van der Waals surface area contributed by atoms with E-state index in [1.54, 1.807) is 24.3 Å². The molecule has 0 atom stereocenters. The molecule has 0 fully saturated rings. The first-order valence-electron chi connectivity index (χ1n) is 8.63. The van der Waals surface area contributed by atoms with E-state index < -0.39 is 0 Å². The van der Waals surface area contributed by atoms with E-state index >= 15 is 0 Å². The third-order valence-corrected chi connectivity index (χ3v) is 5.97. The van der Waals surface area contributed by atoms with Crippen LogP contribution in [-0.2, 0) is 4.79 Å². The Morgan fingerprint density at radius 2 is 1.79 bits per heavy atom. The van der Waals surface area contributed by atoms with Crippen molar-refractivity contribution in [2.24, 2.45) is 0 Å². The van der Waals surface area contributed by atoms with Gasteiger partial charge in [0, 0.05) is 16.9 Å². The standard InChI is InChI=1S/C20H20N4O2S2/c1-12-6-4-7-13(2)18(12)22-19-23-24-20(28-19)27-11-17(26)21-16-9-5-8-15(10-16)14(3)25/h4-10H,11H2,1-3H3,(H,21,26)(H,22,23). The van der Waals surface area contributed by atoms with Crippen LogP contribution in [0.3, 0.4) is 0 Å². The second-order valence-electron chi connectivity index (χ2n) is 6.24. The van der Waals surface area contributed by atoms with Crippen molar-refractivity contribution in [2.75, 3.05) is 16.4 Å². The minimum absolute atomic E-state index is 0.0387. The number of anilines is 3. The van der Waals surface area contributed by atoms with E-state index in [2.05, 4.69) is 20.8 Å². The van der Waals surface area contributed by atoms with Crippen molar-refractivity contribution in [3.05, 3.63) is 59.2 Å². The average Bonchev–Trinajstić information content (AvgIpc) is 3.11. The van der Waals surface area contributed by atoms with Crippen molar-refractivity contribution in [3.63, 3.8) is 0 Å². The molecule has 2 aromatic carbocycles. The van der Waals surface area contributed by atoms with Crippen molar-refractivity contribution in [2.45, 2.75) is 25.1 Å². The Morgan fingerprint density at radius 3 is 2.50 bits per heavy atom. The van der Waals surface area contributed by atoms with Gasteiger partial charge in [-0.1, -0.05) is 53.4 Å². The number of hydrogen-bond donors (Lipinski definition) is 2. The molecule has 0 saturated heterocycles. The minimum Gasteiger partial charge on any atom is -0.330 e. The quantitative estimate of drug-likeness (QED) is 0.427. The summed E-state index contributed by atoms with van der Waals surface area (Å²) in [6.07, 6.45) is 0. The maximum Gasteiger partial charge on any atom is 0.234 e. The van der Waals surface area contributed by atoms with Gasteiger partial charge >= 0.3 is 0 Å². The number of Topliss-reactive ketones (excluding diaryl/α,β-unsaturated/α-hetero) is 1. The monoisotopic (exact) mass is 412 g/mol. The molecule has 1 amide bonds. The number of hydrogen-bond acceptors (Lipinski definition) is 7. The van der Waals surface area contributed by atoms with Crippen molar-refractivity contribution in [3.8, 4) is 0 Å². The second-order valence-corrected chi connectivity index (χ2v) is 8.44. The number of amides is 1. The summed E-state index contributed by atoms with van der Waals surface area (Å²) in [5, 5.41) is 15.1. The molecule has 2 N–H and O–H groups in total. The molecule has 3 rings (SSSR count). The van der Waals surface area contributed by atoms with Crippen LogP contribution in [0.5, 0.6) is 0 Å². The van der Waals surface area contributed by atoms with Crippen LogP contribution in [0.1, 0.15) is 28.4 Å². The summed E-state index contributed by atoms with van der Waals surface area (Å²) in [7, 11) is 0. The van der Waals surface area contributed by atoms with E-state index in [1.165, 1.54) is 30.0 Å². The number of carbonyl (C=O) groups excluding carboxylic acids is 2. The van der Waals surface area contributed by atoms with Gasteiger partial charge in [-0.3, -0.25) is 9.59 Å². The number of rotatable bonds is 7. The zero-order valence-corrected chi connectivity index (χ0v) is 17.4. The van der Waals surface area contributed by atoms with Crippen molar-refractivity contribution in [1.82, 2.24) is 10.2 Å². The van der Waals surface area contributed by atoms with Crippen LogP contribution in [0, 0.1) is 13.8 Å². The number of thioether (sulfide) groups is 1. The van der Waals surface area contributed by atoms with Crippen molar-refractivity contribution in [1.29, 1.82) is 0 Å². The number of benzene rings is 2. The van der Waals surface area contributed by atoms with Crippen LogP contribution in [-0.4, -0.2) is 27.6 Å². The normalized spacial score (nSPS) is 10.5. The van der Waals surface area contributed by atoms with Crippen LogP contribution >= 0.6 is 23.1 Å². The lowest BCUT2D eigenvalue weighted by Crippen LogP contribution is -2.14. The molecular weight excluding hydrogens is 392 g/mol. The van der Waals surface area contributed by atoms with Gasteiger partial charge in [0.25, 0.3) is 0 Å². The SMILES string of the molecule is CC(=O)c1cccc(NC(=O)CSc2nnc(Nc3c(C)cccc3C)s2)c1. The van der Waals surface area contributed by atoms with Gasteiger partial charge in [-0.2, -0.15) is 0 Å². The Bertz CT molecular complexity index is 997. The molecule has 6 nitrogen and oxygen atoms in total. The van der Waals surface area contributed by atoms with Crippen molar-refractivity contribution >= 4 is 51.3 Å². The number of nitrogens with one attached hydrogen (secondary N) is 2. The van der Waals surface area contributed by atoms with Gasteiger partial charge in [0.05, 0.1) is 5.75 Å². The Morgan fingerprint density at radius 1 is 1.07 bits per heavy atom. The van der Waals surface area contributed by atoms with Gasteiger partial charge in [-0.25, -0.2) is 0 Å². The smallest absolute Gasteiger partial charge is 0.234 e. The van der Waals surface area contributed by atoms with Gasteiger partial charge < -0.3 is 10.6 Å². The molecule has 1 aromatic heterocycles. The number of aromatic nitrogens is 2. The fourth-order valence-electron chi connectivity index (χ4n) is 2.58. The topological polar surface area (TPSA) is 84.0 Å². The molecular formula is C20H20N4O2S2. The number of aryl methyl sites for hydroxylation is 2. The first kappa shape index (κ1) is 20.0. The lowest BCUT2D eigenvalue weighted by atomic mass is 10.1. The van der Waals surface area contributed by atoms with Gasteiger partial charge in [0.2, 0.25) is 11.0 Å². The van der Waals surface area contributed by atoms with Crippen LogP contribution in [0.2, 0.25) is 0 Å². The first-order chi connectivity index (χ1) is 13.4. The predicted octanol–water partition coefficient (Wildman–Crippen LogP) is 4.83. The zero-order valence-electron chi connectivity index (χ0n) is 15.8. The Balaban J connectivity index is 1.56. The number of carbonyl (C=O) groups is 2.